The molecule has 1 aliphatic heterocycles. The number of hydrogen-bond acceptors (Lipinski definition) is 11. The third kappa shape index (κ3) is 8.13. The Morgan fingerprint density at radius 1 is 1.15 bits per heavy atom. The van der Waals surface area contributed by atoms with Gasteiger partial charge >= 0.3 is 5.63 Å². The highest BCUT2D eigenvalue weighted by Crippen LogP contribution is 2.37. The molecule has 2 aliphatic rings. The smallest absolute Gasteiger partial charge is 0.349 e. The van der Waals surface area contributed by atoms with Crippen LogP contribution in [0.5, 0.6) is 11.5 Å². The molecular weight excluding hydrogens is 725 g/mol. The lowest BCUT2D eigenvalue weighted by Crippen LogP contribution is -2.57. The standard InChI is InChI=1S/C33H38IN3O10/c1-44-28-15-20(19-39)14-24(34)30(28)46-27-18-22(31(41)35-6-11-38)17-25(29(27)40)37(8-7-36-9-12-45-13-10-36)32(42)23-16-21-4-2-3-5-26(21)47-33(23)43/h2-5,14-16,18,25,27,29,38-40H,6-13,17,19H2,1H3,(H,35,41)/t25-,27+,29+/m1/s1. The first kappa shape index (κ1) is 34.8. The lowest BCUT2D eigenvalue weighted by molar-refractivity contribution is -0.118. The molecular formula is C33H38IN3O10. The van der Waals surface area contributed by atoms with Gasteiger partial charge in [-0.3, -0.25) is 14.5 Å². The predicted octanol–water partition coefficient (Wildman–Crippen LogP) is 1.29. The summed E-state index contributed by atoms with van der Waals surface area (Å²) in [5, 5.41) is 34.1. The number of carbonyl (C=O) groups excluding carboxylic acids is 2. The molecule has 1 aromatic heterocycles. The van der Waals surface area contributed by atoms with Crippen molar-refractivity contribution in [2.24, 2.45) is 0 Å². The van der Waals surface area contributed by atoms with Crippen LogP contribution < -0.4 is 20.4 Å². The monoisotopic (exact) mass is 763 g/mol. The van der Waals surface area contributed by atoms with Gasteiger partial charge in [-0.1, -0.05) is 18.2 Å². The van der Waals surface area contributed by atoms with E-state index in [1.807, 2.05) is 22.6 Å². The van der Waals surface area contributed by atoms with E-state index in [0.717, 1.165) is 0 Å². The van der Waals surface area contributed by atoms with Crippen LogP contribution in [0.25, 0.3) is 11.0 Å². The maximum absolute atomic E-state index is 14.3. The van der Waals surface area contributed by atoms with E-state index in [1.54, 1.807) is 36.4 Å². The van der Waals surface area contributed by atoms with E-state index >= 15 is 0 Å². The van der Waals surface area contributed by atoms with Gasteiger partial charge in [0.05, 0.1) is 43.1 Å². The highest BCUT2D eigenvalue weighted by Gasteiger charge is 2.42. The number of nitrogens with zero attached hydrogens (tertiary/aromatic N) is 2. The van der Waals surface area contributed by atoms with E-state index in [9.17, 15) is 29.7 Å². The van der Waals surface area contributed by atoms with E-state index in [4.69, 9.17) is 18.6 Å². The quantitative estimate of drug-likeness (QED) is 0.155. The molecule has 2 aromatic carbocycles. The van der Waals surface area contributed by atoms with Gasteiger partial charge < -0.3 is 44.2 Å². The number of methoxy groups -OCH3 is 1. The molecule has 0 saturated carbocycles. The molecule has 0 radical (unpaired) electrons. The highest BCUT2D eigenvalue weighted by atomic mass is 127. The number of aliphatic hydroxyl groups is 3. The van der Waals surface area contributed by atoms with E-state index in [2.05, 4.69) is 10.2 Å². The van der Waals surface area contributed by atoms with Gasteiger partial charge in [-0.2, -0.15) is 0 Å². The molecule has 252 valence electrons. The molecule has 1 aliphatic carbocycles. The summed E-state index contributed by atoms with van der Waals surface area (Å²) in [5.41, 5.74) is 0.139. The summed E-state index contributed by atoms with van der Waals surface area (Å²) in [5.74, 6) is -0.559. The molecule has 5 rings (SSSR count). The van der Waals surface area contributed by atoms with Crippen LogP contribution in [0.2, 0.25) is 0 Å². The summed E-state index contributed by atoms with van der Waals surface area (Å²) in [4.78, 5) is 44.3. The minimum atomic E-state index is -1.34. The zero-order valence-electron chi connectivity index (χ0n) is 25.9. The number of nitrogens with one attached hydrogen (secondary N) is 1. The second-order valence-electron chi connectivity index (χ2n) is 11.2. The molecule has 4 N–H and O–H groups in total. The van der Waals surface area contributed by atoms with E-state index < -0.39 is 35.7 Å². The van der Waals surface area contributed by atoms with Gasteiger partial charge in [0.2, 0.25) is 5.91 Å². The van der Waals surface area contributed by atoms with Crippen LogP contribution in [0.4, 0.5) is 0 Å². The van der Waals surface area contributed by atoms with Crippen LogP contribution in [-0.4, -0.2) is 115 Å². The topological polar surface area (TPSA) is 171 Å². The average Bonchev–Trinajstić information content (AvgIpc) is 3.09. The van der Waals surface area contributed by atoms with Gasteiger partial charge in [0.15, 0.2) is 11.5 Å². The number of fused-ring (bicyclic) bond motifs is 1. The zero-order chi connectivity index (χ0) is 33.5. The Morgan fingerprint density at radius 2 is 1.91 bits per heavy atom. The zero-order valence-corrected chi connectivity index (χ0v) is 28.1. The normalized spacial score (nSPS) is 20.0. The molecule has 2 amide bonds. The van der Waals surface area contributed by atoms with Crippen molar-refractivity contribution in [3.63, 3.8) is 0 Å². The third-order valence-electron chi connectivity index (χ3n) is 8.23. The number of ether oxygens (including phenoxy) is 3. The Kier molecular flexibility index (Phi) is 11.9. The number of carbonyl (C=O) groups is 2. The summed E-state index contributed by atoms with van der Waals surface area (Å²) < 4.78 is 23.4. The number of benzene rings is 2. The number of para-hydroxylation sites is 1. The molecule has 3 atom stereocenters. The second-order valence-corrected chi connectivity index (χ2v) is 12.4. The van der Waals surface area contributed by atoms with Crippen molar-refractivity contribution in [2.45, 2.75) is 31.3 Å². The Hall–Kier alpha value is -3.54. The first-order valence-corrected chi connectivity index (χ1v) is 16.4. The maximum atomic E-state index is 14.3. The summed E-state index contributed by atoms with van der Waals surface area (Å²) in [7, 11) is 1.45. The lowest BCUT2D eigenvalue weighted by Gasteiger charge is -2.41. The fraction of sp³-hybridized carbons (Fsp3) is 0.424. The number of hydrogen-bond donors (Lipinski definition) is 4. The molecule has 1 saturated heterocycles. The van der Waals surface area contributed by atoms with E-state index in [-0.39, 0.29) is 49.6 Å². The Balaban J connectivity index is 1.54. The molecule has 2 heterocycles. The fourth-order valence-electron chi connectivity index (χ4n) is 5.75. The third-order valence-corrected chi connectivity index (χ3v) is 9.04. The van der Waals surface area contributed by atoms with Crippen molar-refractivity contribution in [1.29, 1.82) is 0 Å². The van der Waals surface area contributed by atoms with Crippen molar-refractivity contribution in [3.8, 4) is 11.5 Å². The average molecular weight is 764 g/mol. The first-order chi connectivity index (χ1) is 22.7. The van der Waals surface area contributed by atoms with Crippen molar-refractivity contribution in [3.05, 3.63) is 79.2 Å². The van der Waals surface area contributed by atoms with Crippen LogP contribution in [0.15, 0.2) is 63.3 Å². The summed E-state index contributed by atoms with van der Waals surface area (Å²) >= 11 is 2.03. The predicted molar refractivity (Wildman–Crippen MR) is 179 cm³/mol. The minimum absolute atomic E-state index is 0.00106. The first-order valence-electron chi connectivity index (χ1n) is 15.3. The molecule has 13 nitrogen and oxygen atoms in total. The number of morpholine rings is 1. The van der Waals surface area contributed by atoms with Crippen LogP contribution in [0, 0.1) is 3.57 Å². The van der Waals surface area contributed by atoms with Gasteiger partial charge in [-0.25, -0.2) is 4.79 Å². The summed E-state index contributed by atoms with van der Waals surface area (Å²) in [6.45, 7) is 2.42. The fourth-order valence-corrected chi connectivity index (χ4v) is 6.55. The minimum Gasteiger partial charge on any atom is -0.493 e. The Morgan fingerprint density at radius 3 is 2.64 bits per heavy atom. The summed E-state index contributed by atoms with van der Waals surface area (Å²) in [6, 6.07) is 10.7. The van der Waals surface area contributed by atoms with E-state index in [0.29, 0.717) is 58.7 Å². The molecule has 0 unspecified atom stereocenters. The SMILES string of the molecule is COc1cc(CO)cc(I)c1O[C@H]1C=C(C(=O)NCCO)C[C@@H](N(CCN2CCOCC2)C(=O)c2cc3ccccc3oc2=O)[C@@H]1O. The Labute approximate surface area is 284 Å². The van der Waals surface area contributed by atoms with Gasteiger partial charge in [0.1, 0.15) is 23.4 Å². The Bertz CT molecular complexity index is 1670. The largest absolute Gasteiger partial charge is 0.493 e. The molecule has 0 bridgehead atoms. The van der Waals surface area contributed by atoms with Crippen molar-refractivity contribution in [2.75, 3.05) is 59.7 Å². The summed E-state index contributed by atoms with van der Waals surface area (Å²) in [6.07, 6.45) is -1.02. The molecule has 14 heteroatoms. The number of amides is 2. The van der Waals surface area contributed by atoms with Crippen molar-refractivity contribution in [1.82, 2.24) is 15.1 Å². The van der Waals surface area contributed by atoms with Crippen LogP contribution in [0.3, 0.4) is 0 Å². The van der Waals surface area contributed by atoms with Crippen LogP contribution in [-0.2, 0) is 16.1 Å². The number of halogens is 1. The molecule has 3 aromatic rings. The van der Waals surface area contributed by atoms with Gasteiger partial charge in [-0.05, 0) is 58.5 Å². The molecule has 0 spiro atoms. The van der Waals surface area contributed by atoms with Crippen LogP contribution >= 0.6 is 22.6 Å². The highest BCUT2D eigenvalue weighted by molar-refractivity contribution is 14.1. The lowest BCUT2D eigenvalue weighted by atomic mass is 9.87. The number of aliphatic hydroxyl groups excluding tert-OH is 3. The maximum Gasteiger partial charge on any atom is 0.349 e. The van der Waals surface area contributed by atoms with Gasteiger partial charge in [-0.15, -0.1) is 0 Å². The van der Waals surface area contributed by atoms with Crippen molar-refractivity contribution < 1.29 is 43.5 Å². The second kappa shape index (κ2) is 16.0. The molecule has 47 heavy (non-hydrogen) atoms. The van der Waals surface area contributed by atoms with Gasteiger partial charge in [0, 0.05) is 50.1 Å². The molecule has 1 fully saturated rings. The van der Waals surface area contributed by atoms with Crippen molar-refractivity contribution >= 4 is 45.4 Å². The number of rotatable bonds is 12. The van der Waals surface area contributed by atoms with E-state index in [1.165, 1.54) is 24.2 Å². The van der Waals surface area contributed by atoms with Crippen LogP contribution in [0.1, 0.15) is 22.3 Å². The van der Waals surface area contributed by atoms with Gasteiger partial charge in [0.25, 0.3) is 5.91 Å².